The van der Waals surface area contributed by atoms with Gasteiger partial charge in [0.2, 0.25) is 0 Å². The van der Waals surface area contributed by atoms with Crippen LogP contribution in [0.25, 0.3) is 0 Å². The van der Waals surface area contributed by atoms with Crippen LogP contribution in [0.3, 0.4) is 0 Å². The Balaban J connectivity index is 2.23. The monoisotopic (exact) mass is 195 g/mol. The third-order valence-electron chi connectivity index (χ3n) is 3.07. The molecule has 14 heavy (non-hydrogen) atoms. The second kappa shape index (κ2) is 2.99. The summed E-state index contributed by atoms with van der Waals surface area (Å²) in [6.07, 6.45) is 4.94. The minimum Gasteiger partial charge on any atom is -0.373 e. The maximum atomic E-state index is 6.03. The molecule has 0 aromatic carbocycles. The summed E-state index contributed by atoms with van der Waals surface area (Å²) >= 11 is 0. The standard InChI is InChI=1S/C12H21NO/c1-11(2)9-10(12(3,4)14-11)13-7-5-6-8-13/h9H,5-8H2,1-4H3. The molecule has 2 aliphatic heterocycles. The maximum absolute atomic E-state index is 6.03. The number of hydrogen-bond acceptors (Lipinski definition) is 2. The number of rotatable bonds is 1. The number of likely N-dealkylation sites (tertiary alicyclic amines) is 1. The van der Waals surface area contributed by atoms with Gasteiger partial charge in [-0.2, -0.15) is 0 Å². The van der Waals surface area contributed by atoms with Crippen LogP contribution in [0.2, 0.25) is 0 Å². The van der Waals surface area contributed by atoms with Crippen molar-refractivity contribution in [2.75, 3.05) is 13.1 Å². The first-order valence-corrected chi connectivity index (χ1v) is 5.59. The fourth-order valence-electron chi connectivity index (χ4n) is 2.67. The molecule has 0 aliphatic carbocycles. The molecular weight excluding hydrogens is 174 g/mol. The van der Waals surface area contributed by atoms with Crippen molar-refractivity contribution in [1.82, 2.24) is 4.90 Å². The molecule has 0 aromatic rings. The lowest BCUT2D eigenvalue weighted by Gasteiger charge is -2.31. The van der Waals surface area contributed by atoms with Crippen molar-refractivity contribution >= 4 is 0 Å². The van der Waals surface area contributed by atoms with Gasteiger partial charge in [-0.15, -0.1) is 0 Å². The first kappa shape index (κ1) is 10.0. The molecule has 0 N–H and O–H groups in total. The summed E-state index contributed by atoms with van der Waals surface area (Å²) in [6, 6.07) is 0. The van der Waals surface area contributed by atoms with Crippen LogP contribution < -0.4 is 0 Å². The van der Waals surface area contributed by atoms with Gasteiger partial charge in [-0.1, -0.05) is 0 Å². The van der Waals surface area contributed by atoms with Gasteiger partial charge in [0.25, 0.3) is 0 Å². The highest BCUT2D eigenvalue weighted by atomic mass is 16.5. The van der Waals surface area contributed by atoms with E-state index in [9.17, 15) is 0 Å². The van der Waals surface area contributed by atoms with E-state index in [-0.39, 0.29) is 11.2 Å². The summed E-state index contributed by atoms with van der Waals surface area (Å²) in [6.45, 7) is 11.0. The highest BCUT2D eigenvalue weighted by Crippen LogP contribution is 2.39. The van der Waals surface area contributed by atoms with Crippen molar-refractivity contribution in [3.8, 4) is 0 Å². The number of nitrogens with zero attached hydrogens (tertiary/aromatic N) is 1. The lowest BCUT2D eigenvalue weighted by atomic mass is 10.0. The van der Waals surface area contributed by atoms with Crippen LogP contribution in [0.4, 0.5) is 0 Å². The Morgan fingerprint density at radius 2 is 1.71 bits per heavy atom. The average molecular weight is 195 g/mol. The molecule has 0 radical (unpaired) electrons. The van der Waals surface area contributed by atoms with E-state index in [1.807, 2.05) is 0 Å². The molecule has 2 aliphatic rings. The zero-order valence-corrected chi connectivity index (χ0v) is 9.76. The maximum Gasteiger partial charge on any atom is 0.103 e. The van der Waals surface area contributed by atoms with Gasteiger partial charge in [0.05, 0.1) is 5.60 Å². The molecule has 1 saturated heterocycles. The highest BCUT2D eigenvalue weighted by molar-refractivity contribution is 5.24. The fourth-order valence-corrected chi connectivity index (χ4v) is 2.67. The molecule has 0 saturated carbocycles. The fraction of sp³-hybridized carbons (Fsp3) is 0.833. The zero-order chi connectivity index (χ0) is 10.4. The number of ether oxygens (including phenoxy) is 1. The Kier molecular flexibility index (Phi) is 2.15. The van der Waals surface area contributed by atoms with Crippen molar-refractivity contribution < 1.29 is 4.74 Å². The Morgan fingerprint density at radius 1 is 1.14 bits per heavy atom. The minimum atomic E-state index is -0.103. The van der Waals surface area contributed by atoms with Crippen molar-refractivity contribution in [2.24, 2.45) is 0 Å². The summed E-state index contributed by atoms with van der Waals surface area (Å²) in [5.41, 5.74) is 1.19. The molecule has 80 valence electrons. The molecule has 2 nitrogen and oxygen atoms in total. The molecule has 1 fully saturated rings. The normalized spacial score (nSPS) is 29.4. The average Bonchev–Trinajstić information content (AvgIpc) is 2.54. The van der Waals surface area contributed by atoms with Gasteiger partial charge in [0, 0.05) is 18.8 Å². The first-order valence-electron chi connectivity index (χ1n) is 5.59. The van der Waals surface area contributed by atoms with E-state index in [4.69, 9.17) is 4.74 Å². The van der Waals surface area contributed by atoms with E-state index in [0.29, 0.717) is 0 Å². The Morgan fingerprint density at radius 3 is 2.14 bits per heavy atom. The summed E-state index contributed by atoms with van der Waals surface area (Å²) in [5.74, 6) is 0. The first-order chi connectivity index (χ1) is 6.41. The number of hydrogen-bond donors (Lipinski definition) is 0. The third kappa shape index (κ3) is 1.68. The largest absolute Gasteiger partial charge is 0.373 e. The van der Waals surface area contributed by atoms with Crippen molar-refractivity contribution in [1.29, 1.82) is 0 Å². The van der Waals surface area contributed by atoms with Gasteiger partial charge in [-0.3, -0.25) is 0 Å². The van der Waals surface area contributed by atoms with E-state index in [0.717, 1.165) is 0 Å². The van der Waals surface area contributed by atoms with Gasteiger partial charge in [-0.05, 0) is 46.6 Å². The Labute approximate surface area is 86.9 Å². The smallest absolute Gasteiger partial charge is 0.103 e. The van der Waals surface area contributed by atoms with Crippen LogP contribution in [0.1, 0.15) is 40.5 Å². The third-order valence-corrected chi connectivity index (χ3v) is 3.07. The topological polar surface area (TPSA) is 12.5 Å². The molecule has 2 heterocycles. The van der Waals surface area contributed by atoms with Crippen LogP contribution in [0.15, 0.2) is 11.8 Å². The predicted octanol–water partition coefficient (Wildman–Crippen LogP) is 2.55. The molecule has 2 heteroatoms. The molecule has 0 spiro atoms. The summed E-state index contributed by atoms with van der Waals surface area (Å²) in [7, 11) is 0. The Hall–Kier alpha value is -0.500. The molecule has 0 atom stereocenters. The lowest BCUT2D eigenvalue weighted by molar-refractivity contribution is -0.0601. The molecule has 2 rings (SSSR count). The van der Waals surface area contributed by atoms with Crippen LogP contribution in [0.5, 0.6) is 0 Å². The van der Waals surface area contributed by atoms with Crippen molar-refractivity contribution in [3.05, 3.63) is 11.8 Å². The van der Waals surface area contributed by atoms with E-state index in [1.54, 1.807) is 0 Å². The molecule has 0 unspecified atom stereocenters. The van der Waals surface area contributed by atoms with Gasteiger partial charge in [0.15, 0.2) is 0 Å². The van der Waals surface area contributed by atoms with Gasteiger partial charge in [0.1, 0.15) is 5.60 Å². The zero-order valence-electron chi connectivity index (χ0n) is 9.76. The molecular formula is C12H21NO. The molecule has 0 amide bonds. The second-order valence-electron chi connectivity index (χ2n) is 5.44. The molecule has 0 bridgehead atoms. The van der Waals surface area contributed by atoms with Crippen LogP contribution in [0, 0.1) is 0 Å². The van der Waals surface area contributed by atoms with Gasteiger partial charge >= 0.3 is 0 Å². The van der Waals surface area contributed by atoms with Gasteiger partial charge < -0.3 is 9.64 Å². The Bertz CT molecular complexity index is 259. The molecule has 0 aromatic heterocycles. The highest BCUT2D eigenvalue weighted by Gasteiger charge is 2.41. The summed E-state index contributed by atoms with van der Waals surface area (Å²) < 4.78 is 6.03. The minimum absolute atomic E-state index is 0.0958. The van der Waals surface area contributed by atoms with E-state index < -0.39 is 0 Å². The van der Waals surface area contributed by atoms with Crippen LogP contribution in [-0.2, 0) is 4.74 Å². The van der Waals surface area contributed by atoms with Gasteiger partial charge in [-0.25, -0.2) is 0 Å². The second-order valence-corrected chi connectivity index (χ2v) is 5.44. The van der Waals surface area contributed by atoms with Crippen LogP contribution >= 0.6 is 0 Å². The lowest BCUT2D eigenvalue weighted by Crippen LogP contribution is -2.35. The van der Waals surface area contributed by atoms with Crippen LogP contribution in [-0.4, -0.2) is 29.2 Å². The predicted molar refractivity (Wildman–Crippen MR) is 58.1 cm³/mol. The van der Waals surface area contributed by atoms with Crippen molar-refractivity contribution in [3.63, 3.8) is 0 Å². The SMILES string of the molecule is CC1(C)C=C(N2CCCC2)C(C)(C)O1. The van der Waals surface area contributed by atoms with E-state index >= 15 is 0 Å². The summed E-state index contributed by atoms with van der Waals surface area (Å²) in [4.78, 5) is 2.48. The van der Waals surface area contributed by atoms with E-state index in [2.05, 4.69) is 38.7 Å². The summed E-state index contributed by atoms with van der Waals surface area (Å²) in [5, 5.41) is 0. The van der Waals surface area contributed by atoms with Crippen molar-refractivity contribution in [2.45, 2.75) is 51.7 Å². The van der Waals surface area contributed by atoms with E-state index in [1.165, 1.54) is 31.6 Å². The quantitative estimate of drug-likeness (QED) is 0.637.